The van der Waals surface area contributed by atoms with Crippen LogP contribution < -0.4 is 5.56 Å². The van der Waals surface area contributed by atoms with Crippen molar-refractivity contribution in [3.63, 3.8) is 0 Å². The second kappa shape index (κ2) is 4.70. The van der Waals surface area contributed by atoms with Crippen molar-refractivity contribution in [2.24, 2.45) is 0 Å². The Balaban J connectivity index is 0.000000561. The van der Waals surface area contributed by atoms with Gasteiger partial charge in [-0.15, -0.1) is 0 Å². The zero-order chi connectivity index (χ0) is 9.72. The predicted octanol–water partition coefficient (Wildman–Crippen LogP) is 1.72. The van der Waals surface area contributed by atoms with Crippen LogP contribution in [0.1, 0.15) is 30.9 Å². The molecule has 12 heavy (non-hydrogen) atoms. The summed E-state index contributed by atoms with van der Waals surface area (Å²) in [5, 5.41) is 0. The van der Waals surface area contributed by atoms with E-state index >= 15 is 0 Å². The number of aromatic nitrogens is 2. The molecular formula is C9H16N2O. The van der Waals surface area contributed by atoms with Crippen molar-refractivity contribution >= 4 is 0 Å². The molecule has 0 radical (unpaired) electrons. The van der Waals surface area contributed by atoms with Crippen LogP contribution in [0.5, 0.6) is 0 Å². The summed E-state index contributed by atoms with van der Waals surface area (Å²) in [7, 11) is 0. The van der Waals surface area contributed by atoms with Crippen LogP contribution in [0.2, 0.25) is 0 Å². The van der Waals surface area contributed by atoms with Gasteiger partial charge in [-0.3, -0.25) is 4.79 Å². The third-order valence-corrected chi connectivity index (χ3v) is 1.51. The van der Waals surface area contributed by atoms with Gasteiger partial charge in [0.25, 0.3) is 5.56 Å². The van der Waals surface area contributed by atoms with Gasteiger partial charge in [0.2, 0.25) is 0 Å². The van der Waals surface area contributed by atoms with Crippen LogP contribution in [0, 0.1) is 20.8 Å². The van der Waals surface area contributed by atoms with Crippen molar-refractivity contribution in [2.75, 3.05) is 0 Å². The zero-order valence-electron chi connectivity index (χ0n) is 8.36. The lowest BCUT2D eigenvalue weighted by atomic mass is 10.3. The Hall–Kier alpha value is -1.12. The molecule has 0 aliphatic heterocycles. The van der Waals surface area contributed by atoms with E-state index in [9.17, 15) is 4.79 Å². The van der Waals surface area contributed by atoms with Gasteiger partial charge in [0.15, 0.2) is 0 Å². The van der Waals surface area contributed by atoms with Gasteiger partial charge in [-0.05, 0) is 20.8 Å². The molecular weight excluding hydrogens is 152 g/mol. The standard InChI is InChI=1S/C7H10N2O.C2H6/c1-4-5(2)8-6(3)9-7(4)10;1-2/h1-3H3,(H,8,9,10);1-2H3. The van der Waals surface area contributed by atoms with Crippen LogP contribution in [0.15, 0.2) is 4.79 Å². The first kappa shape index (κ1) is 10.9. The Labute approximate surface area is 72.9 Å². The van der Waals surface area contributed by atoms with Crippen molar-refractivity contribution in [1.82, 2.24) is 9.97 Å². The maximum absolute atomic E-state index is 11.0. The predicted molar refractivity (Wildman–Crippen MR) is 50.4 cm³/mol. The maximum Gasteiger partial charge on any atom is 0.254 e. The minimum Gasteiger partial charge on any atom is -0.311 e. The van der Waals surface area contributed by atoms with E-state index in [0.717, 1.165) is 5.69 Å². The number of H-pyrrole nitrogens is 1. The van der Waals surface area contributed by atoms with E-state index in [-0.39, 0.29) is 5.56 Å². The van der Waals surface area contributed by atoms with Gasteiger partial charge in [0, 0.05) is 11.3 Å². The smallest absolute Gasteiger partial charge is 0.254 e. The van der Waals surface area contributed by atoms with Crippen molar-refractivity contribution in [2.45, 2.75) is 34.6 Å². The monoisotopic (exact) mass is 168 g/mol. The largest absolute Gasteiger partial charge is 0.311 e. The highest BCUT2D eigenvalue weighted by molar-refractivity contribution is 5.13. The van der Waals surface area contributed by atoms with E-state index in [2.05, 4.69) is 9.97 Å². The molecule has 0 aliphatic carbocycles. The molecule has 0 saturated carbocycles. The Bertz CT molecular complexity index is 302. The first-order valence-corrected chi connectivity index (χ1v) is 4.15. The average molecular weight is 168 g/mol. The molecule has 0 aromatic carbocycles. The van der Waals surface area contributed by atoms with E-state index in [4.69, 9.17) is 0 Å². The van der Waals surface area contributed by atoms with E-state index in [1.165, 1.54) is 0 Å². The first-order chi connectivity index (χ1) is 5.61. The first-order valence-electron chi connectivity index (χ1n) is 4.15. The molecule has 68 valence electrons. The second-order valence-electron chi connectivity index (χ2n) is 2.36. The summed E-state index contributed by atoms with van der Waals surface area (Å²) < 4.78 is 0. The highest BCUT2D eigenvalue weighted by Gasteiger charge is 1.98. The molecule has 3 nitrogen and oxygen atoms in total. The molecule has 1 heterocycles. The normalized spacial score (nSPS) is 8.75. The van der Waals surface area contributed by atoms with Crippen molar-refractivity contribution in [3.05, 3.63) is 27.4 Å². The average Bonchev–Trinajstić information content (AvgIpc) is 2.04. The quantitative estimate of drug-likeness (QED) is 0.641. The molecule has 0 fully saturated rings. The fourth-order valence-electron chi connectivity index (χ4n) is 0.786. The molecule has 3 heteroatoms. The Morgan fingerprint density at radius 1 is 1.17 bits per heavy atom. The maximum atomic E-state index is 11.0. The number of hydrogen-bond acceptors (Lipinski definition) is 2. The number of rotatable bonds is 0. The van der Waals surface area contributed by atoms with E-state index < -0.39 is 0 Å². The van der Waals surface area contributed by atoms with Crippen LogP contribution in [0.3, 0.4) is 0 Å². The molecule has 0 saturated heterocycles. The van der Waals surface area contributed by atoms with E-state index in [1.54, 1.807) is 13.8 Å². The van der Waals surface area contributed by atoms with Crippen LogP contribution in [0.4, 0.5) is 0 Å². The van der Waals surface area contributed by atoms with Gasteiger partial charge in [-0.1, -0.05) is 13.8 Å². The zero-order valence-corrected chi connectivity index (χ0v) is 8.36. The lowest BCUT2D eigenvalue weighted by Gasteiger charge is -1.97. The summed E-state index contributed by atoms with van der Waals surface area (Å²) in [5.41, 5.74) is 1.47. The van der Waals surface area contributed by atoms with E-state index in [0.29, 0.717) is 11.4 Å². The third-order valence-electron chi connectivity index (χ3n) is 1.51. The van der Waals surface area contributed by atoms with Crippen LogP contribution in [-0.4, -0.2) is 9.97 Å². The minimum atomic E-state index is -0.0370. The molecule has 0 aliphatic rings. The van der Waals surface area contributed by atoms with Crippen LogP contribution in [-0.2, 0) is 0 Å². The summed E-state index contributed by atoms with van der Waals surface area (Å²) >= 11 is 0. The van der Waals surface area contributed by atoms with Crippen LogP contribution in [0.25, 0.3) is 0 Å². The van der Waals surface area contributed by atoms with Crippen LogP contribution >= 0.6 is 0 Å². The third kappa shape index (κ3) is 2.49. The topological polar surface area (TPSA) is 45.8 Å². The summed E-state index contributed by atoms with van der Waals surface area (Å²) in [5.74, 6) is 0.674. The number of nitrogens with one attached hydrogen (secondary N) is 1. The van der Waals surface area contributed by atoms with Gasteiger partial charge in [0.1, 0.15) is 5.82 Å². The SMILES string of the molecule is CC.Cc1nc(C)c(C)c(=O)[nH]1. The number of hydrogen-bond donors (Lipinski definition) is 1. The molecule has 0 bridgehead atoms. The Kier molecular flexibility index (Phi) is 4.26. The highest BCUT2D eigenvalue weighted by atomic mass is 16.1. The summed E-state index contributed by atoms with van der Waals surface area (Å²) in [4.78, 5) is 17.7. The highest BCUT2D eigenvalue weighted by Crippen LogP contribution is 1.94. The van der Waals surface area contributed by atoms with Crippen molar-refractivity contribution < 1.29 is 0 Å². The van der Waals surface area contributed by atoms with E-state index in [1.807, 2.05) is 20.8 Å². The van der Waals surface area contributed by atoms with Gasteiger partial charge >= 0.3 is 0 Å². The molecule has 0 unspecified atom stereocenters. The fraction of sp³-hybridized carbons (Fsp3) is 0.556. The molecule has 0 spiro atoms. The lowest BCUT2D eigenvalue weighted by molar-refractivity contribution is 0.954. The minimum absolute atomic E-state index is 0.0370. The van der Waals surface area contributed by atoms with Crippen molar-refractivity contribution in [1.29, 1.82) is 0 Å². The summed E-state index contributed by atoms with van der Waals surface area (Å²) in [6.07, 6.45) is 0. The summed E-state index contributed by atoms with van der Waals surface area (Å²) in [6, 6.07) is 0. The van der Waals surface area contributed by atoms with Gasteiger partial charge in [-0.2, -0.15) is 0 Å². The number of aryl methyl sites for hydroxylation is 2. The Morgan fingerprint density at radius 2 is 1.67 bits per heavy atom. The lowest BCUT2D eigenvalue weighted by Crippen LogP contribution is -2.14. The molecule has 1 aromatic heterocycles. The van der Waals surface area contributed by atoms with Gasteiger partial charge in [0.05, 0.1) is 0 Å². The molecule has 1 N–H and O–H groups in total. The number of nitrogens with zero attached hydrogens (tertiary/aromatic N) is 1. The number of aromatic amines is 1. The van der Waals surface area contributed by atoms with Gasteiger partial charge in [-0.25, -0.2) is 4.98 Å². The van der Waals surface area contributed by atoms with Crippen molar-refractivity contribution in [3.8, 4) is 0 Å². The fourth-order valence-corrected chi connectivity index (χ4v) is 0.786. The molecule has 0 amide bonds. The second-order valence-corrected chi connectivity index (χ2v) is 2.36. The molecule has 1 aromatic rings. The Morgan fingerprint density at radius 3 is 2.08 bits per heavy atom. The molecule has 1 rings (SSSR count). The van der Waals surface area contributed by atoms with Gasteiger partial charge < -0.3 is 4.98 Å². The summed E-state index contributed by atoms with van der Waals surface area (Å²) in [6.45, 7) is 9.37. The molecule has 0 atom stereocenters.